The molecule has 0 spiro atoms. The monoisotopic (exact) mass is 435 g/mol. The van der Waals surface area contributed by atoms with Crippen LogP contribution in [0.2, 0.25) is 5.02 Å². The van der Waals surface area contributed by atoms with E-state index in [4.69, 9.17) is 11.6 Å². The van der Waals surface area contributed by atoms with E-state index in [1.165, 1.54) is 11.6 Å². The highest BCUT2D eigenvalue weighted by Gasteiger charge is 2.20. The maximum atomic E-state index is 11.8. The van der Waals surface area contributed by atoms with Crippen LogP contribution in [-0.4, -0.2) is 19.2 Å². The number of rotatable bonds is 3. The van der Waals surface area contributed by atoms with Crippen LogP contribution in [0.4, 0.5) is 5.69 Å². The zero-order chi connectivity index (χ0) is 20.8. The minimum Gasteiger partial charge on any atom is -0.493 e. The van der Waals surface area contributed by atoms with Crippen LogP contribution in [0.15, 0.2) is 70.0 Å². The van der Waals surface area contributed by atoms with Gasteiger partial charge in [-0.05, 0) is 42.5 Å². The maximum absolute atomic E-state index is 11.8. The van der Waals surface area contributed by atoms with Crippen LogP contribution >= 0.6 is 22.9 Å². The third-order valence-corrected chi connectivity index (χ3v) is 6.11. The number of nitrogens with zero attached hydrogens (tertiary/aromatic N) is 5. The van der Waals surface area contributed by atoms with E-state index >= 15 is 0 Å². The van der Waals surface area contributed by atoms with Gasteiger partial charge in [0.2, 0.25) is 5.88 Å². The molecule has 7 nitrogen and oxygen atoms in total. The molecule has 0 radical (unpaired) electrons. The molecule has 9 heteroatoms. The number of azo groups is 1. The zero-order valence-electron chi connectivity index (χ0n) is 15.7. The second-order valence-electron chi connectivity index (χ2n) is 6.69. The summed E-state index contributed by atoms with van der Waals surface area (Å²) in [4.78, 5) is 16.5. The summed E-state index contributed by atoms with van der Waals surface area (Å²) in [5, 5.41) is 19.0. The van der Waals surface area contributed by atoms with Gasteiger partial charge >= 0.3 is 4.87 Å². The summed E-state index contributed by atoms with van der Waals surface area (Å²) >= 11 is 7.45. The van der Waals surface area contributed by atoms with Gasteiger partial charge in [-0.25, -0.2) is 4.98 Å². The van der Waals surface area contributed by atoms with E-state index in [0.29, 0.717) is 21.3 Å². The molecule has 0 amide bonds. The number of fused-ring (bicyclic) bond motifs is 1. The highest BCUT2D eigenvalue weighted by atomic mass is 35.5. The Bertz CT molecular complexity index is 1380. The highest BCUT2D eigenvalue weighted by Crippen LogP contribution is 2.43. The number of aromatic hydroxyl groups is 1. The molecule has 0 bridgehead atoms. The second kappa shape index (κ2) is 7.08. The fraction of sp³-hybridized carbons (Fsp3) is 0.0476. The van der Waals surface area contributed by atoms with Gasteiger partial charge in [-0.15, -0.1) is 10.2 Å². The predicted octanol–water partition coefficient (Wildman–Crippen LogP) is 5.25. The number of aromatic nitrogens is 3. The lowest BCUT2D eigenvalue weighted by molar-refractivity contribution is 0.428. The van der Waals surface area contributed by atoms with E-state index in [2.05, 4.69) is 15.2 Å². The molecule has 0 unspecified atom stereocenters. The van der Waals surface area contributed by atoms with Crippen LogP contribution in [0.25, 0.3) is 28.7 Å². The molecule has 1 N–H and O–H groups in total. The van der Waals surface area contributed by atoms with Crippen molar-refractivity contribution < 1.29 is 5.11 Å². The largest absolute Gasteiger partial charge is 0.493 e. The first-order valence-corrected chi connectivity index (χ1v) is 10.2. The molecule has 1 aliphatic heterocycles. The van der Waals surface area contributed by atoms with Crippen molar-refractivity contribution in [3.05, 3.63) is 80.1 Å². The fourth-order valence-electron chi connectivity index (χ4n) is 3.20. The normalized spacial score (nSPS) is 13.9. The van der Waals surface area contributed by atoms with Gasteiger partial charge in [0.15, 0.2) is 0 Å². The average molecular weight is 436 g/mol. The predicted molar refractivity (Wildman–Crippen MR) is 118 cm³/mol. The Balaban J connectivity index is 1.55. The lowest BCUT2D eigenvalue weighted by Crippen LogP contribution is -2.05. The standard InChI is InChI=1S/C21H14ClN5O2S/c1-26-20(28)18(30-21(26)29)10-17-14-8-13(15(22)9-16(14)24-25-17)12-4-5-19(23-11-12)27-6-2-3-7-27/h2-11,28H,1H3/b17-10-. The van der Waals surface area contributed by atoms with Crippen molar-refractivity contribution in [3.63, 3.8) is 0 Å². The van der Waals surface area contributed by atoms with Crippen molar-refractivity contribution in [2.75, 3.05) is 0 Å². The number of pyridine rings is 1. The summed E-state index contributed by atoms with van der Waals surface area (Å²) in [6, 6.07) is 11.4. The molecule has 4 aromatic rings. The summed E-state index contributed by atoms with van der Waals surface area (Å²) in [5.74, 6) is 0.709. The molecule has 4 heterocycles. The van der Waals surface area contributed by atoms with Crippen LogP contribution in [0.3, 0.4) is 0 Å². The van der Waals surface area contributed by atoms with Gasteiger partial charge in [-0.3, -0.25) is 9.36 Å². The van der Waals surface area contributed by atoms with E-state index in [1.54, 1.807) is 18.3 Å². The number of halogens is 1. The van der Waals surface area contributed by atoms with Gasteiger partial charge in [0.1, 0.15) is 5.82 Å². The Morgan fingerprint density at radius 2 is 1.93 bits per heavy atom. The second-order valence-corrected chi connectivity index (χ2v) is 8.09. The summed E-state index contributed by atoms with van der Waals surface area (Å²) in [6.07, 6.45) is 7.28. The molecule has 0 aliphatic carbocycles. The molecule has 1 aliphatic rings. The van der Waals surface area contributed by atoms with Crippen molar-refractivity contribution in [3.8, 4) is 22.8 Å². The third-order valence-electron chi connectivity index (χ3n) is 4.83. The van der Waals surface area contributed by atoms with E-state index in [9.17, 15) is 9.90 Å². The van der Waals surface area contributed by atoms with Gasteiger partial charge < -0.3 is 9.67 Å². The van der Waals surface area contributed by atoms with Gasteiger partial charge in [0.25, 0.3) is 0 Å². The van der Waals surface area contributed by atoms with Crippen LogP contribution in [0, 0.1) is 0 Å². The molecule has 5 rings (SSSR count). The molecule has 0 atom stereocenters. The van der Waals surface area contributed by atoms with Crippen molar-refractivity contribution >= 4 is 40.4 Å². The number of hydrogen-bond acceptors (Lipinski definition) is 6. The third kappa shape index (κ3) is 3.06. The summed E-state index contributed by atoms with van der Waals surface area (Å²) in [5.41, 5.74) is 3.61. The first-order valence-electron chi connectivity index (χ1n) is 8.97. The summed E-state index contributed by atoms with van der Waals surface area (Å²) in [6.45, 7) is 0. The SMILES string of the molecule is Cn1c(O)c(/C=C2\N=Nc3cc(Cl)c(-c4ccc(-n5cccc5)nc4)cc32)sc1=O. The Labute approximate surface area is 179 Å². The highest BCUT2D eigenvalue weighted by molar-refractivity contribution is 7.10. The Morgan fingerprint density at radius 3 is 2.60 bits per heavy atom. The smallest absolute Gasteiger partial charge is 0.310 e. The van der Waals surface area contributed by atoms with Crippen molar-refractivity contribution in [2.45, 2.75) is 0 Å². The van der Waals surface area contributed by atoms with Crippen molar-refractivity contribution in [1.82, 2.24) is 14.1 Å². The van der Waals surface area contributed by atoms with Gasteiger partial charge in [0, 0.05) is 42.3 Å². The number of thiazole rings is 1. The van der Waals surface area contributed by atoms with E-state index in [-0.39, 0.29) is 10.8 Å². The van der Waals surface area contributed by atoms with Gasteiger partial charge in [0.05, 0.1) is 21.3 Å². The quantitative estimate of drug-likeness (QED) is 0.476. The van der Waals surface area contributed by atoms with Crippen LogP contribution in [0.1, 0.15) is 10.4 Å². The van der Waals surface area contributed by atoms with Crippen LogP contribution in [0.5, 0.6) is 5.88 Å². The molecule has 3 aromatic heterocycles. The lowest BCUT2D eigenvalue weighted by atomic mass is 10.0. The first-order chi connectivity index (χ1) is 14.5. The van der Waals surface area contributed by atoms with Gasteiger partial charge in [-0.2, -0.15) is 0 Å². The zero-order valence-corrected chi connectivity index (χ0v) is 17.2. The van der Waals surface area contributed by atoms with Crippen LogP contribution < -0.4 is 4.87 Å². The fourth-order valence-corrected chi connectivity index (χ4v) is 4.28. The average Bonchev–Trinajstić information content (AvgIpc) is 3.46. The molecule has 148 valence electrons. The molecule has 30 heavy (non-hydrogen) atoms. The molecule has 1 aromatic carbocycles. The van der Waals surface area contributed by atoms with E-state index in [1.807, 2.05) is 47.3 Å². The molecule has 0 saturated heterocycles. The number of benzene rings is 1. The molecular formula is C21H14ClN5O2S. The minimum atomic E-state index is -0.250. The first kappa shape index (κ1) is 18.5. The van der Waals surface area contributed by atoms with E-state index < -0.39 is 0 Å². The lowest BCUT2D eigenvalue weighted by Gasteiger charge is -2.09. The maximum Gasteiger partial charge on any atom is 0.310 e. The minimum absolute atomic E-state index is 0.0971. The molecular weight excluding hydrogens is 422 g/mol. The van der Waals surface area contributed by atoms with Crippen molar-refractivity contribution in [2.24, 2.45) is 17.3 Å². The number of hydrogen-bond donors (Lipinski definition) is 1. The molecule has 0 fully saturated rings. The Morgan fingerprint density at radius 1 is 1.13 bits per heavy atom. The van der Waals surface area contributed by atoms with Gasteiger partial charge in [-0.1, -0.05) is 22.9 Å². The Kier molecular flexibility index (Phi) is 4.38. The topological polar surface area (TPSA) is 84.8 Å². The summed E-state index contributed by atoms with van der Waals surface area (Å²) in [7, 11) is 1.52. The van der Waals surface area contributed by atoms with Crippen molar-refractivity contribution in [1.29, 1.82) is 0 Å². The summed E-state index contributed by atoms with van der Waals surface area (Å²) < 4.78 is 3.11. The Hall–Kier alpha value is -3.49. The molecule has 0 saturated carbocycles. The van der Waals surface area contributed by atoms with Crippen LogP contribution in [-0.2, 0) is 7.05 Å². The van der Waals surface area contributed by atoms with E-state index in [0.717, 1.165) is 33.8 Å².